The molecule has 0 aromatic carbocycles. The summed E-state index contributed by atoms with van der Waals surface area (Å²) in [5, 5.41) is 12.5. The van der Waals surface area contributed by atoms with E-state index < -0.39 is 41.5 Å². The molecule has 0 aromatic heterocycles. The SMILES string of the molecule is CCCC[C@H](NC(=O)[C@@H]1[C@@H](C)CCN1C(OC)[C@@H](NC(=O)NC1(CSC2(C)CCOCC2)CCCCC1)C(C)(C)C)C(=O)C(=O)NC1CC1. The molecule has 12 heteroatoms. The van der Waals surface area contributed by atoms with E-state index >= 15 is 0 Å². The van der Waals surface area contributed by atoms with Crippen molar-refractivity contribution in [1.82, 2.24) is 26.2 Å². The number of Topliss-reactive ketones (excluding diaryl/α,β-unsaturated/α-hetero) is 1. The van der Waals surface area contributed by atoms with Crippen molar-refractivity contribution in [2.24, 2.45) is 11.3 Å². The van der Waals surface area contributed by atoms with Crippen LogP contribution in [-0.4, -0.2) is 102 Å². The molecule has 2 aliphatic carbocycles. The van der Waals surface area contributed by atoms with Crippen molar-refractivity contribution in [3.05, 3.63) is 0 Å². The molecule has 280 valence electrons. The average molecular weight is 708 g/mol. The van der Waals surface area contributed by atoms with Gasteiger partial charge in [0, 0.05) is 43.4 Å². The summed E-state index contributed by atoms with van der Waals surface area (Å²) >= 11 is 1.98. The highest BCUT2D eigenvalue weighted by molar-refractivity contribution is 8.00. The molecule has 2 heterocycles. The summed E-state index contributed by atoms with van der Waals surface area (Å²) in [6.45, 7) is 14.8. The topological polar surface area (TPSA) is 138 Å². The Bertz CT molecular complexity index is 1130. The summed E-state index contributed by atoms with van der Waals surface area (Å²) in [6.07, 6.45) is 11.2. The molecular formula is C37H65N5O6S. The highest BCUT2D eigenvalue weighted by Crippen LogP contribution is 2.40. The van der Waals surface area contributed by atoms with Gasteiger partial charge in [-0.1, -0.05) is 73.6 Å². The monoisotopic (exact) mass is 707 g/mol. The number of amides is 4. The first-order valence-corrected chi connectivity index (χ1v) is 19.9. The van der Waals surface area contributed by atoms with Crippen molar-refractivity contribution >= 4 is 35.4 Å². The van der Waals surface area contributed by atoms with E-state index in [9.17, 15) is 19.2 Å². The third kappa shape index (κ3) is 11.0. The number of methoxy groups -OCH3 is 1. The minimum atomic E-state index is -0.878. The lowest BCUT2D eigenvalue weighted by molar-refractivity contribution is -0.142. The quantitative estimate of drug-likeness (QED) is 0.166. The van der Waals surface area contributed by atoms with E-state index in [4.69, 9.17) is 9.47 Å². The van der Waals surface area contributed by atoms with Gasteiger partial charge >= 0.3 is 6.03 Å². The predicted molar refractivity (Wildman–Crippen MR) is 194 cm³/mol. The molecule has 4 aliphatic rings. The van der Waals surface area contributed by atoms with E-state index in [0.717, 1.165) is 89.6 Å². The fraction of sp³-hybridized carbons (Fsp3) is 0.892. The summed E-state index contributed by atoms with van der Waals surface area (Å²) in [5.74, 6) is -0.622. The van der Waals surface area contributed by atoms with Gasteiger partial charge in [0.15, 0.2) is 0 Å². The largest absolute Gasteiger partial charge is 0.381 e. The van der Waals surface area contributed by atoms with Crippen molar-refractivity contribution in [2.45, 2.75) is 166 Å². The number of ketones is 1. The molecule has 4 fully saturated rings. The number of ether oxygens (including phenoxy) is 2. The average Bonchev–Trinajstić information content (AvgIpc) is 3.80. The molecule has 5 atom stereocenters. The minimum absolute atomic E-state index is 0.0107. The van der Waals surface area contributed by atoms with Gasteiger partial charge in [-0.15, -0.1) is 0 Å². The Kier molecular flexibility index (Phi) is 14.3. The van der Waals surface area contributed by atoms with Gasteiger partial charge in [-0.25, -0.2) is 4.79 Å². The molecule has 1 unspecified atom stereocenters. The van der Waals surface area contributed by atoms with Crippen LogP contribution in [0.5, 0.6) is 0 Å². The Labute approximate surface area is 299 Å². The van der Waals surface area contributed by atoms with Crippen LogP contribution < -0.4 is 21.3 Å². The van der Waals surface area contributed by atoms with Crippen LogP contribution in [0.4, 0.5) is 4.79 Å². The molecule has 4 rings (SSSR count). The van der Waals surface area contributed by atoms with Gasteiger partial charge in [-0.3, -0.25) is 19.3 Å². The molecule has 0 bridgehead atoms. The first kappa shape index (κ1) is 39.9. The zero-order valence-electron chi connectivity index (χ0n) is 31.3. The number of unbranched alkanes of at least 4 members (excludes halogenated alkanes) is 1. The number of rotatable bonds is 16. The summed E-state index contributed by atoms with van der Waals surface area (Å²) in [6, 6.07) is -2.04. The second-order valence-corrected chi connectivity index (χ2v) is 18.1. The fourth-order valence-electron chi connectivity index (χ4n) is 7.64. The maximum atomic E-state index is 14.0. The predicted octanol–water partition coefficient (Wildman–Crippen LogP) is 4.91. The van der Waals surface area contributed by atoms with Crippen LogP contribution in [-0.2, 0) is 23.9 Å². The van der Waals surface area contributed by atoms with Gasteiger partial charge in [0.1, 0.15) is 6.23 Å². The molecule has 0 spiro atoms. The molecule has 0 aromatic rings. The van der Waals surface area contributed by atoms with E-state index in [2.05, 4.69) is 49.0 Å². The van der Waals surface area contributed by atoms with Gasteiger partial charge in [0.05, 0.1) is 23.7 Å². The van der Waals surface area contributed by atoms with Crippen molar-refractivity contribution in [2.75, 3.05) is 32.6 Å². The summed E-state index contributed by atoms with van der Waals surface area (Å²) < 4.78 is 12.0. The van der Waals surface area contributed by atoms with Crippen molar-refractivity contribution in [3.8, 4) is 0 Å². The smallest absolute Gasteiger partial charge is 0.315 e. The highest BCUT2D eigenvalue weighted by atomic mass is 32.2. The summed E-state index contributed by atoms with van der Waals surface area (Å²) in [7, 11) is 1.63. The molecule has 4 N–H and O–H groups in total. The van der Waals surface area contributed by atoms with Crippen LogP contribution in [0.2, 0.25) is 0 Å². The van der Waals surface area contributed by atoms with Gasteiger partial charge in [0.25, 0.3) is 5.91 Å². The molecule has 2 saturated heterocycles. The lowest BCUT2D eigenvalue weighted by Crippen LogP contribution is -2.65. The zero-order chi connectivity index (χ0) is 35.8. The Balaban J connectivity index is 1.48. The molecule has 11 nitrogen and oxygen atoms in total. The molecule has 2 aliphatic heterocycles. The molecular weight excluding hydrogens is 643 g/mol. The van der Waals surface area contributed by atoms with Crippen LogP contribution in [0.15, 0.2) is 0 Å². The first-order valence-electron chi connectivity index (χ1n) is 18.9. The summed E-state index contributed by atoms with van der Waals surface area (Å²) in [5.41, 5.74) is -0.689. The van der Waals surface area contributed by atoms with E-state index in [1.165, 1.54) is 6.42 Å². The molecule has 4 amide bonds. The standard InChI is InChI=1S/C37H65N5O6S/c1-8-9-13-27(29(43)32(45)38-26-14-15-26)39-31(44)28-25(2)16-21-42(28)33(47-7)30(35(3,4)5)40-34(46)41-37(17-11-10-12-18-37)24-49-36(6)19-22-48-23-20-36/h25-28,30,33H,8-24H2,1-7H3,(H,38,45)(H,39,44)(H2,40,41,46)/t25-,27-,28-,30+,33?/m0/s1. The van der Waals surface area contributed by atoms with Crippen LogP contribution in [0.3, 0.4) is 0 Å². The maximum Gasteiger partial charge on any atom is 0.315 e. The summed E-state index contributed by atoms with van der Waals surface area (Å²) in [4.78, 5) is 56.0. The van der Waals surface area contributed by atoms with Crippen LogP contribution in [0.25, 0.3) is 0 Å². The fourth-order valence-corrected chi connectivity index (χ4v) is 9.08. The van der Waals surface area contributed by atoms with Crippen LogP contribution in [0, 0.1) is 11.3 Å². The third-order valence-electron chi connectivity index (χ3n) is 11.1. The van der Waals surface area contributed by atoms with Gasteiger partial charge in [-0.2, -0.15) is 11.8 Å². The van der Waals surface area contributed by atoms with Crippen LogP contribution in [0.1, 0.15) is 125 Å². The van der Waals surface area contributed by atoms with Crippen LogP contribution >= 0.6 is 11.8 Å². The number of thioether (sulfide) groups is 1. The molecule has 2 saturated carbocycles. The highest BCUT2D eigenvalue weighted by Gasteiger charge is 2.47. The Morgan fingerprint density at radius 3 is 2.27 bits per heavy atom. The number of likely N-dealkylation sites (tertiary alicyclic amines) is 1. The Morgan fingerprint density at radius 2 is 1.67 bits per heavy atom. The first-order chi connectivity index (χ1) is 23.2. The minimum Gasteiger partial charge on any atom is -0.381 e. The van der Waals surface area contributed by atoms with E-state index in [0.29, 0.717) is 13.0 Å². The molecule has 0 radical (unpaired) electrons. The second-order valence-electron chi connectivity index (χ2n) is 16.5. The second kappa shape index (κ2) is 17.6. The molecule has 49 heavy (non-hydrogen) atoms. The van der Waals surface area contributed by atoms with E-state index in [-0.39, 0.29) is 34.2 Å². The maximum absolute atomic E-state index is 14.0. The van der Waals surface area contributed by atoms with E-state index in [1.54, 1.807) is 7.11 Å². The lowest BCUT2D eigenvalue weighted by Gasteiger charge is -2.45. The van der Waals surface area contributed by atoms with E-state index in [1.807, 2.05) is 30.5 Å². The van der Waals surface area contributed by atoms with Crippen molar-refractivity contribution in [3.63, 3.8) is 0 Å². The number of nitrogens with one attached hydrogen (secondary N) is 4. The lowest BCUT2D eigenvalue weighted by atomic mass is 9.83. The number of hydrogen-bond donors (Lipinski definition) is 4. The zero-order valence-corrected chi connectivity index (χ0v) is 32.1. The Hall–Kier alpha value is -1.89. The number of carbonyl (C=O) groups is 4. The number of carbonyl (C=O) groups excluding carboxylic acids is 4. The Morgan fingerprint density at radius 1 is 1.00 bits per heavy atom. The van der Waals surface area contributed by atoms with Crippen molar-refractivity contribution < 1.29 is 28.7 Å². The van der Waals surface area contributed by atoms with Gasteiger partial charge < -0.3 is 30.7 Å². The van der Waals surface area contributed by atoms with Crippen molar-refractivity contribution in [1.29, 1.82) is 0 Å². The van der Waals surface area contributed by atoms with Gasteiger partial charge in [0.2, 0.25) is 11.7 Å². The number of hydrogen-bond acceptors (Lipinski definition) is 8. The normalized spacial score (nSPS) is 25.9. The van der Waals surface area contributed by atoms with Gasteiger partial charge in [-0.05, 0) is 62.7 Å². The number of urea groups is 1. The number of nitrogens with zero attached hydrogens (tertiary/aromatic N) is 1. The third-order valence-corrected chi connectivity index (χ3v) is 12.9.